The minimum Gasteiger partial charge on any atom is -0.390 e. The fraction of sp³-hybridized carbons (Fsp3) is 0.571. The number of aliphatic hydroxyl groups is 1. The van der Waals surface area contributed by atoms with Gasteiger partial charge in [0.1, 0.15) is 0 Å². The minimum absolute atomic E-state index is 0.0497. The van der Waals surface area contributed by atoms with Crippen molar-refractivity contribution in [1.29, 1.82) is 0 Å². The average molecular weight is 234 g/mol. The lowest BCUT2D eigenvalue weighted by Gasteiger charge is -2.38. The van der Waals surface area contributed by atoms with Gasteiger partial charge in [0.2, 0.25) is 0 Å². The number of para-hydroxylation sites is 1. The maximum Gasteiger partial charge on any atom is 0.0653 e. The van der Waals surface area contributed by atoms with Gasteiger partial charge >= 0.3 is 0 Å². The molecule has 0 saturated carbocycles. The second-order valence-corrected chi connectivity index (χ2v) is 5.33. The van der Waals surface area contributed by atoms with E-state index in [1.54, 1.807) is 0 Å². The Morgan fingerprint density at radius 1 is 1.29 bits per heavy atom. The van der Waals surface area contributed by atoms with Gasteiger partial charge in [0.15, 0.2) is 0 Å². The molecule has 1 fully saturated rings. The first-order valence-corrected chi connectivity index (χ1v) is 6.31. The Morgan fingerprint density at radius 3 is 2.47 bits per heavy atom. The van der Waals surface area contributed by atoms with Crippen LogP contribution in [0.1, 0.15) is 38.3 Å². The Bertz CT molecular complexity index is 378. The highest BCUT2D eigenvalue weighted by Gasteiger charge is 2.28. The van der Waals surface area contributed by atoms with Crippen LogP contribution in [0.25, 0.3) is 0 Å². The number of nitrogens with zero attached hydrogens (tertiary/aromatic N) is 1. The Morgan fingerprint density at radius 2 is 1.88 bits per heavy atom. The Balaban J connectivity index is 2.18. The SMILES string of the molecule is C[C@H](N)c1ccccc1N1CCC(C)(O)CC1. The molecule has 1 saturated heterocycles. The zero-order valence-corrected chi connectivity index (χ0v) is 10.7. The molecule has 17 heavy (non-hydrogen) atoms. The van der Waals surface area contributed by atoms with E-state index in [1.165, 1.54) is 11.3 Å². The predicted octanol–water partition coefficient (Wildman–Crippen LogP) is 2.06. The summed E-state index contributed by atoms with van der Waals surface area (Å²) >= 11 is 0. The molecule has 0 amide bonds. The van der Waals surface area contributed by atoms with E-state index >= 15 is 0 Å². The summed E-state index contributed by atoms with van der Waals surface area (Å²) in [5.41, 5.74) is 7.91. The van der Waals surface area contributed by atoms with Gasteiger partial charge < -0.3 is 15.7 Å². The zero-order valence-electron chi connectivity index (χ0n) is 10.7. The normalized spacial score (nSPS) is 21.3. The van der Waals surface area contributed by atoms with Gasteiger partial charge in [-0.3, -0.25) is 0 Å². The van der Waals surface area contributed by atoms with Crippen LogP contribution in [0, 0.1) is 0 Å². The van der Waals surface area contributed by atoms with Crippen molar-refractivity contribution in [3.8, 4) is 0 Å². The smallest absolute Gasteiger partial charge is 0.0653 e. The van der Waals surface area contributed by atoms with Gasteiger partial charge in [0, 0.05) is 24.8 Å². The van der Waals surface area contributed by atoms with E-state index in [0.29, 0.717) is 0 Å². The molecular formula is C14H22N2O. The van der Waals surface area contributed by atoms with Gasteiger partial charge in [-0.25, -0.2) is 0 Å². The van der Waals surface area contributed by atoms with Crippen LogP contribution in [0.4, 0.5) is 5.69 Å². The summed E-state index contributed by atoms with van der Waals surface area (Å²) in [6.45, 7) is 5.73. The van der Waals surface area contributed by atoms with Crippen LogP contribution in [0.2, 0.25) is 0 Å². The zero-order chi connectivity index (χ0) is 12.5. The van der Waals surface area contributed by atoms with Crippen molar-refractivity contribution < 1.29 is 5.11 Å². The molecule has 0 radical (unpaired) electrons. The second-order valence-electron chi connectivity index (χ2n) is 5.33. The van der Waals surface area contributed by atoms with Crippen LogP contribution in [-0.4, -0.2) is 23.8 Å². The van der Waals surface area contributed by atoms with Gasteiger partial charge in [0.05, 0.1) is 5.60 Å². The maximum absolute atomic E-state index is 9.97. The molecule has 1 atom stereocenters. The van der Waals surface area contributed by atoms with Crippen LogP contribution in [0.3, 0.4) is 0 Å². The molecule has 0 bridgehead atoms. The number of anilines is 1. The molecule has 2 rings (SSSR count). The fourth-order valence-corrected chi connectivity index (χ4v) is 2.39. The summed E-state index contributed by atoms with van der Waals surface area (Å²) in [5, 5.41) is 9.97. The van der Waals surface area contributed by atoms with E-state index in [1.807, 2.05) is 26.0 Å². The predicted molar refractivity (Wildman–Crippen MR) is 71.1 cm³/mol. The molecule has 1 aliphatic rings. The van der Waals surface area contributed by atoms with E-state index in [0.717, 1.165) is 25.9 Å². The van der Waals surface area contributed by atoms with Crippen molar-refractivity contribution in [1.82, 2.24) is 0 Å². The van der Waals surface area contributed by atoms with Crippen molar-refractivity contribution in [2.45, 2.75) is 38.3 Å². The third-order valence-corrected chi connectivity index (χ3v) is 3.61. The molecule has 0 spiro atoms. The van der Waals surface area contributed by atoms with Gasteiger partial charge in [-0.2, -0.15) is 0 Å². The lowest BCUT2D eigenvalue weighted by molar-refractivity contribution is 0.0351. The number of hydrogen-bond acceptors (Lipinski definition) is 3. The lowest BCUT2D eigenvalue weighted by Crippen LogP contribution is -2.42. The Labute approximate surface area is 103 Å². The highest BCUT2D eigenvalue weighted by Crippen LogP contribution is 2.30. The third kappa shape index (κ3) is 2.79. The molecule has 1 heterocycles. The summed E-state index contributed by atoms with van der Waals surface area (Å²) in [4.78, 5) is 2.33. The van der Waals surface area contributed by atoms with E-state index < -0.39 is 5.60 Å². The summed E-state index contributed by atoms with van der Waals surface area (Å²) in [5.74, 6) is 0. The number of nitrogens with two attached hydrogens (primary N) is 1. The Hall–Kier alpha value is -1.06. The molecule has 0 aliphatic carbocycles. The van der Waals surface area contributed by atoms with Crippen molar-refractivity contribution in [2.75, 3.05) is 18.0 Å². The average Bonchev–Trinajstić information content (AvgIpc) is 2.29. The monoisotopic (exact) mass is 234 g/mol. The first kappa shape index (κ1) is 12.4. The summed E-state index contributed by atoms with van der Waals surface area (Å²) in [7, 11) is 0. The molecule has 1 aliphatic heterocycles. The molecule has 0 aromatic heterocycles. The van der Waals surface area contributed by atoms with Gasteiger partial charge in [-0.05, 0) is 38.3 Å². The molecule has 3 N–H and O–H groups in total. The van der Waals surface area contributed by atoms with Crippen LogP contribution in [0.5, 0.6) is 0 Å². The molecule has 94 valence electrons. The van der Waals surface area contributed by atoms with Gasteiger partial charge in [0.25, 0.3) is 0 Å². The molecule has 1 aromatic rings. The van der Waals surface area contributed by atoms with Crippen molar-refractivity contribution in [3.05, 3.63) is 29.8 Å². The lowest BCUT2D eigenvalue weighted by atomic mass is 9.93. The molecule has 1 aromatic carbocycles. The number of hydrogen-bond donors (Lipinski definition) is 2. The van der Waals surface area contributed by atoms with Crippen molar-refractivity contribution >= 4 is 5.69 Å². The molecule has 3 heteroatoms. The van der Waals surface area contributed by atoms with Crippen molar-refractivity contribution in [3.63, 3.8) is 0 Å². The highest BCUT2D eigenvalue weighted by molar-refractivity contribution is 5.55. The van der Waals surface area contributed by atoms with Crippen LogP contribution in [-0.2, 0) is 0 Å². The Kier molecular flexibility index (Phi) is 3.40. The largest absolute Gasteiger partial charge is 0.390 e. The first-order chi connectivity index (χ1) is 7.99. The number of piperidine rings is 1. The first-order valence-electron chi connectivity index (χ1n) is 6.31. The number of rotatable bonds is 2. The summed E-state index contributed by atoms with van der Waals surface area (Å²) in [6.07, 6.45) is 1.64. The quantitative estimate of drug-likeness (QED) is 0.823. The molecule has 0 unspecified atom stereocenters. The van der Waals surface area contributed by atoms with Crippen molar-refractivity contribution in [2.24, 2.45) is 5.73 Å². The summed E-state index contributed by atoms with van der Waals surface area (Å²) in [6, 6.07) is 8.34. The van der Waals surface area contributed by atoms with Gasteiger partial charge in [-0.15, -0.1) is 0 Å². The maximum atomic E-state index is 9.97. The van der Waals surface area contributed by atoms with Crippen LogP contribution < -0.4 is 10.6 Å². The standard InChI is InChI=1S/C14H22N2O/c1-11(15)12-5-3-4-6-13(12)16-9-7-14(2,17)8-10-16/h3-6,11,17H,7-10,15H2,1-2H3/t11-/m0/s1. The topological polar surface area (TPSA) is 49.5 Å². The molecule has 3 nitrogen and oxygen atoms in total. The van der Waals surface area contributed by atoms with E-state index in [9.17, 15) is 5.11 Å². The summed E-state index contributed by atoms with van der Waals surface area (Å²) < 4.78 is 0. The minimum atomic E-state index is -0.500. The van der Waals surface area contributed by atoms with Crippen LogP contribution >= 0.6 is 0 Å². The van der Waals surface area contributed by atoms with Gasteiger partial charge in [-0.1, -0.05) is 18.2 Å². The number of benzene rings is 1. The fourth-order valence-electron chi connectivity index (χ4n) is 2.39. The molecular weight excluding hydrogens is 212 g/mol. The van der Waals surface area contributed by atoms with E-state index in [4.69, 9.17) is 5.73 Å². The van der Waals surface area contributed by atoms with E-state index in [-0.39, 0.29) is 6.04 Å². The third-order valence-electron chi connectivity index (χ3n) is 3.61. The van der Waals surface area contributed by atoms with E-state index in [2.05, 4.69) is 17.0 Å². The highest BCUT2D eigenvalue weighted by atomic mass is 16.3. The second kappa shape index (κ2) is 4.67. The van der Waals surface area contributed by atoms with Crippen LogP contribution in [0.15, 0.2) is 24.3 Å².